The topological polar surface area (TPSA) is 66.5 Å². The number of amides is 1. The van der Waals surface area contributed by atoms with E-state index in [4.69, 9.17) is 11.6 Å². The van der Waals surface area contributed by atoms with Crippen molar-refractivity contribution in [3.05, 3.63) is 57.6 Å². The Morgan fingerprint density at radius 2 is 1.68 bits per heavy atom. The van der Waals surface area contributed by atoms with E-state index in [-0.39, 0.29) is 16.4 Å². The summed E-state index contributed by atoms with van der Waals surface area (Å²) >= 11 is 5.93. The van der Waals surface area contributed by atoms with E-state index in [2.05, 4.69) is 5.32 Å². The number of aryl methyl sites for hydroxylation is 2. The number of carbonyl (C=O) groups excluding carboxylic acids is 1. The van der Waals surface area contributed by atoms with E-state index < -0.39 is 10.0 Å². The van der Waals surface area contributed by atoms with Gasteiger partial charge in [-0.05, 0) is 67.8 Å². The highest BCUT2D eigenvalue weighted by molar-refractivity contribution is 7.89. The number of hydrogen-bond donors (Lipinski definition) is 1. The molecule has 0 saturated heterocycles. The van der Waals surface area contributed by atoms with Crippen LogP contribution in [-0.2, 0) is 10.0 Å². The number of carbonyl (C=O) groups is 1. The molecular weight excluding hydrogens is 360 g/mol. The molecule has 25 heavy (non-hydrogen) atoms. The molecule has 134 valence electrons. The third kappa shape index (κ3) is 4.03. The second-order valence-electron chi connectivity index (χ2n) is 6.12. The normalized spacial score (nSPS) is 11.6. The number of nitrogens with one attached hydrogen (secondary N) is 1. The van der Waals surface area contributed by atoms with E-state index in [1.807, 2.05) is 6.92 Å². The number of hydrogen-bond acceptors (Lipinski definition) is 3. The van der Waals surface area contributed by atoms with Crippen molar-refractivity contribution in [2.24, 2.45) is 0 Å². The summed E-state index contributed by atoms with van der Waals surface area (Å²) in [6, 6.07) is 8.25. The number of benzene rings is 2. The van der Waals surface area contributed by atoms with E-state index in [0.717, 1.165) is 15.4 Å². The van der Waals surface area contributed by atoms with Gasteiger partial charge in [-0.3, -0.25) is 4.79 Å². The minimum atomic E-state index is -3.64. The Kier molecular flexibility index (Phi) is 5.56. The predicted octanol–water partition coefficient (Wildman–Crippen LogP) is 3.77. The zero-order valence-corrected chi connectivity index (χ0v) is 16.4. The van der Waals surface area contributed by atoms with Crippen molar-refractivity contribution in [3.63, 3.8) is 0 Å². The summed E-state index contributed by atoms with van der Waals surface area (Å²) in [5.74, 6) is -0.372. The van der Waals surface area contributed by atoms with Crippen molar-refractivity contribution < 1.29 is 13.2 Å². The number of sulfonamides is 1. The molecule has 0 aliphatic heterocycles. The molecule has 2 aromatic rings. The minimum absolute atomic E-state index is 0.135. The summed E-state index contributed by atoms with van der Waals surface area (Å²) in [6.45, 7) is 5.36. The van der Waals surface area contributed by atoms with E-state index >= 15 is 0 Å². The molecule has 0 saturated carbocycles. The molecule has 7 heteroatoms. The Bertz CT molecular complexity index is 938. The summed E-state index contributed by atoms with van der Waals surface area (Å²) in [6.07, 6.45) is 0. The lowest BCUT2D eigenvalue weighted by molar-refractivity contribution is 0.102. The summed E-state index contributed by atoms with van der Waals surface area (Å²) in [4.78, 5) is 12.7. The second kappa shape index (κ2) is 7.15. The zero-order chi connectivity index (χ0) is 18.9. The molecule has 5 nitrogen and oxygen atoms in total. The SMILES string of the molecule is Cc1cc(Cl)ccc1NC(=O)c1cc(C)c(C)c(S(=O)(=O)N(C)C)c1. The highest BCUT2D eigenvalue weighted by atomic mass is 35.5. The molecule has 0 aliphatic rings. The van der Waals surface area contributed by atoms with Crippen LogP contribution in [0.25, 0.3) is 0 Å². The van der Waals surface area contributed by atoms with Gasteiger partial charge in [-0.2, -0.15) is 0 Å². The second-order valence-corrected chi connectivity index (χ2v) is 8.67. The highest BCUT2D eigenvalue weighted by Gasteiger charge is 2.23. The molecule has 2 rings (SSSR count). The van der Waals surface area contributed by atoms with Crippen LogP contribution in [0.1, 0.15) is 27.0 Å². The fourth-order valence-corrected chi connectivity index (χ4v) is 3.83. The molecule has 0 bridgehead atoms. The average molecular weight is 381 g/mol. The van der Waals surface area contributed by atoms with E-state index in [1.165, 1.54) is 20.2 Å². The Morgan fingerprint density at radius 1 is 1.04 bits per heavy atom. The lowest BCUT2D eigenvalue weighted by atomic mass is 10.1. The Morgan fingerprint density at radius 3 is 2.24 bits per heavy atom. The van der Waals surface area contributed by atoms with Crippen LogP contribution in [0.3, 0.4) is 0 Å². The third-order valence-electron chi connectivity index (χ3n) is 4.08. The largest absolute Gasteiger partial charge is 0.322 e. The van der Waals surface area contributed by atoms with Gasteiger partial charge in [-0.25, -0.2) is 12.7 Å². The molecule has 0 radical (unpaired) electrons. The molecule has 0 heterocycles. The molecule has 0 aliphatic carbocycles. The van der Waals surface area contributed by atoms with Gasteiger partial charge >= 0.3 is 0 Å². The maximum atomic E-state index is 12.6. The van der Waals surface area contributed by atoms with Gasteiger partial charge in [0.2, 0.25) is 10.0 Å². The fraction of sp³-hybridized carbons (Fsp3) is 0.278. The molecule has 1 amide bonds. The Balaban J connectivity index is 2.46. The van der Waals surface area contributed by atoms with Crippen LogP contribution in [0, 0.1) is 20.8 Å². The van der Waals surface area contributed by atoms with Crippen LogP contribution < -0.4 is 5.32 Å². The van der Waals surface area contributed by atoms with Crippen LogP contribution in [0.15, 0.2) is 35.2 Å². The molecule has 0 fully saturated rings. The van der Waals surface area contributed by atoms with Crippen molar-refractivity contribution >= 4 is 33.2 Å². The average Bonchev–Trinajstić information content (AvgIpc) is 2.52. The highest BCUT2D eigenvalue weighted by Crippen LogP contribution is 2.25. The monoisotopic (exact) mass is 380 g/mol. The first-order valence-electron chi connectivity index (χ1n) is 7.65. The fourth-order valence-electron chi connectivity index (χ4n) is 2.38. The van der Waals surface area contributed by atoms with Crippen LogP contribution in [-0.4, -0.2) is 32.7 Å². The van der Waals surface area contributed by atoms with E-state index in [9.17, 15) is 13.2 Å². The van der Waals surface area contributed by atoms with Crippen molar-refractivity contribution in [1.29, 1.82) is 0 Å². The number of halogens is 1. The smallest absolute Gasteiger partial charge is 0.255 e. The van der Waals surface area contributed by atoms with Gasteiger partial charge in [-0.1, -0.05) is 11.6 Å². The summed E-state index contributed by atoms with van der Waals surface area (Å²) in [5.41, 5.74) is 3.11. The van der Waals surface area contributed by atoms with Crippen LogP contribution in [0.4, 0.5) is 5.69 Å². The predicted molar refractivity (Wildman–Crippen MR) is 101 cm³/mol. The standard InChI is InChI=1S/C18H21ClN2O3S/c1-11-8-14(10-17(13(11)3)25(23,24)21(4)5)18(22)20-16-7-6-15(19)9-12(16)2/h6-10H,1-5H3,(H,20,22). The van der Waals surface area contributed by atoms with Gasteiger partial charge in [0.25, 0.3) is 5.91 Å². The Labute approximate surface area is 153 Å². The first-order valence-corrected chi connectivity index (χ1v) is 9.47. The molecule has 2 aromatic carbocycles. The van der Waals surface area contributed by atoms with Crippen LogP contribution in [0.2, 0.25) is 5.02 Å². The van der Waals surface area contributed by atoms with Gasteiger partial charge < -0.3 is 5.32 Å². The van der Waals surface area contributed by atoms with Crippen molar-refractivity contribution in [2.75, 3.05) is 19.4 Å². The van der Waals surface area contributed by atoms with Crippen molar-refractivity contribution in [2.45, 2.75) is 25.7 Å². The van der Waals surface area contributed by atoms with Crippen LogP contribution >= 0.6 is 11.6 Å². The molecule has 0 spiro atoms. The summed E-state index contributed by atoms with van der Waals surface area (Å²) in [5, 5.41) is 3.39. The molecule has 0 atom stereocenters. The molecule has 0 aromatic heterocycles. The Hall–Kier alpha value is -1.89. The molecule has 1 N–H and O–H groups in total. The maximum Gasteiger partial charge on any atom is 0.255 e. The quantitative estimate of drug-likeness (QED) is 0.877. The lowest BCUT2D eigenvalue weighted by Gasteiger charge is -2.17. The van der Waals surface area contributed by atoms with Gasteiger partial charge in [0, 0.05) is 30.4 Å². The molecular formula is C18H21ClN2O3S. The van der Waals surface area contributed by atoms with Crippen molar-refractivity contribution in [1.82, 2.24) is 4.31 Å². The minimum Gasteiger partial charge on any atom is -0.322 e. The van der Waals surface area contributed by atoms with Crippen LogP contribution in [0.5, 0.6) is 0 Å². The lowest BCUT2D eigenvalue weighted by Crippen LogP contribution is -2.24. The van der Waals surface area contributed by atoms with Gasteiger partial charge in [0.05, 0.1) is 4.90 Å². The summed E-state index contributed by atoms with van der Waals surface area (Å²) < 4.78 is 26.2. The maximum absolute atomic E-state index is 12.6. The van der Waals surface area contributed by atoms with Gasteiger partial charge in [0.15, 0.2) is 0 Å². The van der Waals surface area contributed by atoms with E-state index in [0.29, 0.717) is 16.3 Å². The first kappa shape index (κ1) is 19.4. The third-order valence-corrected chi connectivity index (χ3v) is 6.25. The van der Waals surface area contributed by atoms with Gasteiger partial charge in [-0.15, -0.1) is 0 Å². The summed E-state index contributed by atoms with van der Waals surface area (Å²) in [7, 11) is -0.704. The number of nitrogens with zero attached hydrogens (tertiary/aromatic N) is 1. The number of rotatable bonds is 4. The van der Waals surface area contributed by atoms with E-state index in [1.54, 1.807) is 38.1 Å². The number of anilines is 1. The first-order chi connectivity index (χ1) is 11.5. The zero-order valence-electron chi connectivity index (χ0n) is 14.8. The van der Waals surface area contributed by atoms with Gasteiger partial charge in [0.1, 0.15) is 0 Å². The molecule has 0 unspecified atom stereocenters. The van der Waals surface area contributed by atoms with Crippen molar-refractivity contribution in [3.8, 4) is 0 Å².